The van der Waals surface area contributed by atoms with Gasteiger partial charge in [-0.2, -0.15) is 0 Å². The number of aromatic nitrogens is 1. The molecule has 0 radical (unpaired) electrons. The van der Waals surface area contributed by atoms with Gasteiger partial charge in [-0.1, -0.05) is 18.2 Å². The van der Waals surface area contributed by atoms with Crippen LogP contribution in [0.25, 0.3) is 10.9 Å². The SMILES string of the molecule is Cc1ccc2c(N3CCN(CCc4cccc(NC(=O)c5ccc(F)c(F)c5)c4)CC3)cccc2n1. The number of rotatable bonds is 6. The van der Waals surface area contributed by atoms with Crippen LogP contribution in [0.2, 0.25) is 0 Å². The number of carbonyl (C=O) groups excluding carboxylic acids is 1. The molecule has 7 heteroatoms. The molecule has 1 saturated heterocycles. The molecule has 1 aliphatic heterocycles. The van der Waals surface area contributed by atoms with E-state index in [1.165, 1.54) is 17.1 Å². The van der Waals surface area contributed by atoms with Crippen molar-refractivity contribution in [2.75, 3.05) is 42.9 Å². The lowest BCUT2D eigenvalue weighted by atomic mass is 10.1. The van der Waals surface area contributed by atoms with Gasteiger partial charge in [-0.25, -0.2) is 8.78 Å². The van der Waals surface area contributed by atoms with E-state index >= 15 is 0 Å². The molecular formula is C29H28F2N4O. The predicted molar refractivity (Wildman–Crippen MR) is 140 cm³/mol. The maximum Gasteiger partial charge on any atom is 0.255 e. The summed E-state index contributed by atoms with van der Waals surface area (Å²) in [5, 5.41) is 3.97. The third kappa shape index (κ3) is 5.36. The van der Waals surface area contributed by atoms with Crippen molar-refractivity contribution in [2.45, 2.75) is 13.3 Å². The number of nitrogens with one attached hydrogen (secondary N) is 1. The molecule has 0 spiro atoms. The van der Waals surface area contributed by atoms with Gasteiger partial charge in [-0.05, 0) is 73.5 Å². The fraction of sp³-hybridized carbons (Fsp3) is 0.241. The summed E-state index contributed by atoms with van der Waals surface area (Å²) in [5.41, 5.74) is 5.12. The number of nitrogens with zero attached hydrogens (tertiary/aromatic N) is 3. The molecule has 4 aromatic rings. The topological polar surface area (TPSA) is 48.5 Å². The fourth-order valence-electron chi connectivity index (χ4n) is 4.66. The second kappa shape index (κ2) is 10.4. The first-order chi connectivity index (χ1) is 17.5. The first kappa shape index (κ1) is 23.9. The van der Waals surface area contributed by atoms with Gasteiger partial charge in [0.2, 0.25) is 0 Å². The Bertz CT molecular complexity index is 1400. The first-order valence-electron chi connectivity index (χ1n) is 12.2. The Morgan fingerprint density at radius 3 is 2.53 bits per heavy atom. The zero-order valence-electron chi connectivity index (χ0n) is 20.2. The second-order valence-corrected chi connectivity index (χ2v) is 9.16. The molecule has 184 valence electrons. The van der Waals surface area contributed by atoms with Crippen LogP contribution in [0, 0.1) is 18.6 Å². The quantitative estimate of drug-likeness (QED) is 0.394. The summed E-state index contributed by atoms with van der Waals surface area (Å²) in [4.78, 5) is 22.0. The minimum absolute atomic E-state index is 0.0780. The summed E-state index contributed by atoms with van der Waals surface area (Å²) in [6.45, 7) is 6.80. The number of halogens is 2. The van der Waals surface area contributed by atoms with Crippen molar-refractivity contribution in [3.63, 3.8) is 0 Å². The first-order valence-corrected chi connectivity index (χ1v) is 12.2. The normalized spacial score (nSPS) is 14.2. The number of amides is 1. The average Bonchev–Trinajstić information content (AvgIpc) is 2.89. The van der Waals surface area contributed by atoms with Crippen molar-refractivity contribution in [3.8, 4) is 0 Å². The van der Waals surface area contributed by atoms with Gasteiger partial charge in [0, 0.05) is 60.7 Å². The predicted octanol–water partition coefficient (Wildman–Crippen LogP) is 5.44. The smallest absolute Gasteiger partial charge is 0.255 e. The standard InChI is InChI=1S/C29H28F2N4O/c1-20-8-10-24-27(32-20)6-3-7-28(24)35-16-14-34(15-17-35)13-12-21-4-2-5-23(18-21)33-29(36)22-9-11-25(30)26(31)19-22/h2-11,18-19H,12-17H2,1H3,(H,33,36). The number of piperazine rings is 1. The van der Waals surface area contributed by atoms with Crippen molar-refractivity contribution in [2.24, 2.45) is 0 Å². The molecule has 5 nitrogen and oxygen atoms in total. The van der Waals surface area contributed by atoms with Crippen molar-refractivity contribution in [1.82, 2.24) is 9.88 Å². The van der Waals surface area contributed by atoms with Crippen LogP contribution in [0.15, 0.2) is 72.8 Å². The molecule has 36 heavy (non-hydrogen) atoms. The fourth-order valence-corrected chi connectivity index (χ4v) is 4.66. The molecule has 0 atom stereocenters. The number of hydrogen-bond acceptors (Lipinski definition) is 4. The van der Waals surface area contributed by atoms with Crippen LogP contribution < -0.4 is 10.2 Å². The van der Waals surface area contributed by atoms with Crippen LogP contribution >= 0.6 is 0 Å². The van der Waals surface area contributed by atoms with Crippen LogP contribution in [-0.2, 0) is 6.42 Å². The highest BCUT2D eigenvalue weighted by atomic mass is 19.2. The second-order valence-electron chi connectivity index (χ2n) is 9.16. The molecule has 2 heterocycles. The van der Waals surface area contributed by atoms with Gasteiger partial charge < -0.3 is 10.2 Å². The number of carbonyl (C=O) groups is 1. The summed E-state index contributed by atoms with van der Waals surface area (Å²) < 4.78 is 26.6. The van der Waals surface area contributed by atoms with Crippen molar-refractivity contribution in [1.29, 1.82) is 0 Å². The van der Waals surface area contributed by atoms with Crippen LogP contribution in [0.3, 0.4) is 0 Å². The van der Waals surface area contributed by atoms with Gasteiger partial charge in [-0.15, -0.1) is 0 Å². The van der Waals surface area contributed by atoms with Gasteiger partial charge >= 0.3 is 0 Å². The minimum Gasteiger partial charge on any atom is -0.368 e. The lowest BCUT2D eigenvalue weighted by Crippen LogP contribution is -2.47. The van der Waals surface area contributed by atoms with E-state index in [2.05, 4.69) is 50.4 Å². The van der Waals surface area contributed by atoms with E-state index in [4.69, 9.17) is 0 Å². The number of anilines is 2. The summed E-state index contributed by atoms with van der Waals surface area (Å²) in [6, 6.07) is 21.3. The highest BCUT2D eigenvalue weighted by Gasteiger charge is 2.19. The Balaban J connectivity index is 1.16. The zero-order chi connectivity index (χ0) is 25.1. The van der Waals surface area contributed by atoms with Crippen LogP contribution in [-0.4, -0.2) is 48.5 Å². The molecule has 1 aliphatic rings. The summed E-state index contributed by atoms with van der Waals surface area (Å²) in [5.74, 6) is -2.48. The number of hydrogen-bond donors (Lipinski definition) is 1. The van der Waals surface area contributed by atoms with E-state index in [1.807, 2.05) is 25.1 Å². The summed E-state index contributed by atoms with van der Waals surface area (Å²) in [6.07, 6.45) is 0.854. The van der Waals surface area contributed by atoms with E-state index in [9.17, 15) is 13.6 Å². The van der Waals surface area contributed by atoms with Crippen LogP contribution in [0.1, 0.15) is 21.6 Å². The lowest BCUT2D eigenvalue weighted by Gasteiger charge is -2.36. The van der Waals surface area contributed by atoms with Crippen LogP contribution in [0.5, 0.6) is 0 Å². The molecule has 0 saturated carbocycles. The molecular weight excluding hydrogens is 458 g/mol. The van der Waals surface area contributed by atoms with E-state index in [0.717, 1.165) is 68.1 Å². The molecule has 3 aromatic carbocycles. The molecule has 0 aliphatic carbocycles. The van der Waals surface area contributed by atoms with Gasteiger partial charge in [-0.3, -0.25) is 14.7 Å². The third-order valence-corrected chi connectivity index (χ3v) is 6.64. The van der Waals surface area contributed by atoms with Gasteiger partial charge in [0.15, 0.2) is 11.6 Å². The highest BCUT2D eigenvalue weighted by Crippen LogP contribution is 2.27. The Morgan fingerprint density at radius 1 is 0.917 bits per heavy atom. The van der Waals surface area contributed by atoms with Crippen LogP contribution in [0.4, 0.5) is 20.2 Å². The van der Waals surface area contributed by atoms with E-state index in [0.29, 0.717) is 5.69 Å². The molecule has 1 fully saturated rings. The number of aryl methyl sites for hydroxylation is 1. The van der Waals surface area contributed by atoms with E-state index in [1.54, 1.807) is 6.07 Å². The van der Waals surface area contributed by atoms with Gasteiger partial charge in [0.25, 0.3) is 5.91 Å². The Kier molecular flexibility index (Phi) is 6.91. The maximum absolute atomic E-state index is 13.5. The van der Waals surface area contributed by atoms with E-state index in [-0.39, 0.29) is 5.56 Å². The van der Waals surface area contributed by atoms with Crippen molar-refractivity contribution >= 4 is 28.2 Å². The Hall–Kier alpha value is -3.84. The van der Waals surface area contributed by atoms with Crippen molar-refractivity contribution < 1.29 is 13.6 Å². The third-order valence-electron chi connectivity index (χ3n) is 6.64. The molecule has 1 aromatic heterocycles. The molecule has 0 bridgehead atoms. The molecule has 1 amide bonds. The molecule has 1 N–H and O–H groups in total. The summed E-state index contributed by atoms with van der Waals surface area (Å²) >= 11 is 0. The molecule has 0 unspecified atom stereocenters. The summed E-state index contributed by atoms with van der Waals surface area (Å²) in [7, 11) is 0. The zero-order valence-corrected chi connectivity index (χ0v) is 20.2. The number of pyridine rings is 1. The average molecular weight is 487 g/mol. The van der Waals surface area contributed by atoms with E-state index < -0.39 is 17.5 Å². The maximum atomic E-state index is 13.5. The molecule has 5 rings (SSSR count). The monoisotopic (exact) mass is 486 g/mol. The highest BCUT2D eigenvalue weighted by molar-refractivity contribution is 6.04. The lowest BCUT2D eigenvalue weighted by molar-refractivity contribution is 0.102. The van der Waals surface area contributed by atoms with Gasteiger partial charge in [0.1, 0.15) is 0 Å². The number of benzene rings is 3. The minimum atomic E-state index is -1.04. The Labute approximate surface area is 209 Å². The van der Waals surface area contributed by atoms with Crippen molar-refractivity contribution in [3.05, 3.63) is 101 Å². The number of fused-ring (bicyclic) bond motifs is 1. The largest absolute Gasteiger partial charge is 0.368 e. The van der Waals surface area contributed by atoms with Gasteiger partial charge in [0.05, 0.1) is 5.52 Å². The Morgan fingerprint density at radius 2 is 1.72 bits per heavy atom.